The van der Waals surface area contributed by atoms with Gasteiger partial charge < -0.3 is 36.6 Å². The SMILES string of the molecule is CNC(=O)C(=O)CCC(NC(=O)Cc1cc(C)nn1C)C(=O)Nc1cccc(C(=O)N[C@@H](Cc2ccc(-c3ccccc3)cc2)C(=O)N2C[C@H](Oc3ccccc3)C[C@H]2C(N)=O)c1. The zero-order valence-electron chi connectivity index (χ0n) is 35.2. The van der Waals surface area contributed by atoms with Gasteiger partial charge in [0.05, 0.1) is 18.7 Å². The lowest BCUT2D eigenvalue weighted by atomic mass is 9.99. The molecule has 0 saturated carbocycles. The van der Waals surface area contributed by atoms with Gasteiger partial charge in [0.15, 0.2) is 0 Å². The average molecular weight is 855 g/mol. The number of amides is 6. The molecule has 6 amide bonds. The fourth-order valence-electron chi connectivity index (χ4n) is 7.43. The number of ether oxygens (including phenoxy) is 1. The minimum Gasteiger partial charge on any atom is -0.488 e. The summed E-state index contributed by atoms with van der Waals surface area (Å²) in [4.78, 5) is 93.8. The fourth-order valence-corrected chi connectivity index (χ4v) is 7.43. The summed E-state index contributed by atoms with van der Waals surface area (Å²) in [6.07, 6.45) is -0.931. The highest BCUT2D eigenvalue weighted by atomic mass is 16.5. The van der Waals surface area contributed by atoms with E-state index in [1.54, 1.807) is 36.9 Å². The van der Waals surface area contributed by atoms with Crippen LogP contribution in [0.5, 0.6) is 5.75 Å². The summed E-state index contributed by atoms with van der Waals surface area (Å²) in [5, 5.41) is 14.7. The Bertz CT molecular complexity index is 2460. The van der Waals surface area contributed by atoms with E-state index >= 15 is 0 Å². The number of nitrogens with one attached hydrogen (secondary N) is 4. The molecule has 0 radical (unpaired) electrons. The van der Waals surface area contributed by atoms with Crippen molar-refractivity contribution in [2.24, 2.45) is 12.8 Å². The first-order valence-electron chi connectivity index (χ1n) is 20.5. The van der Waals surface area contributed by atoms with Crippen molar-refractivity contribution in [1.82, 2.24) is 30.6 Å². The van der Waals surface area contributed by atoms with Crippen LogP contribution in [-0.2, 0) is 48.7 Å². The standard InChI is InChI=1S/C47H50N8O8/c1-29-23-35(54(3)53-29)26-42(57)51-38(21-22-41(56)46(61)49-2)45(60)50-34-14-10-13-33(25-34)44(59)52-39(24-30-17-19-32(20-18-30)31-11-6-4-7-12-31)47(62)55-28-37(27-40(55)43(48)58)63-36-15-8-5-9-16-36/h4-20,23,25,37-40H,21-22,24,26-28H2,1-3H3,(H2,48,58)(H,49,61)(H,50,60)(H,51,57)(H,52,59)/t37-,38?,39+,40+/m1/s1. The molecule has 2 heterocycles. The molecule has 6 N–H and O–H groups in total. The number of carbonyl (C=O) groups excluding carboxylic acids is 7. The normalized spacial score (nSPS) is 15.4. The number of aromatic nitrogens is 2. The lowest BCUT2D eigenvalue weighted by Crippen LogP contribution is -2.53. The number of Topliss-reactive ketones (excluding diaryl/α,β-unsaturated/α-hetero) is 1. The van der Waals surface area contributed by atoms with Crippen molar-refractivity contribution in [2.45, 2.75) is 63.3 Å². The van der Waals surface area contributed by atoms with Gasteiger partial charge in [0.25, 0.3) is 11.8 Å². The zero-order valence-corrected chi connectivity index (χ0v) is 35.2. The van der Waals surface area contributed by atoms with E-state index in [1.807, 2.05) is 72.8 Å². The van der Waals surface area contributed by atoms with Gasteiger partial charge in [-0.1, -0.05) is 78.9 Å². The maximum atomic E-state index is 14.5. The number of ketones is 1. The van der Waals surface area contributed by atoms with Crippen LogP contribution in [0.4, 0.5) is 5.69 Å². The maximum absolute atomic E-state index is 14.5. The monoisotopic (exact) mass is 854 g/mol. The Labute approximate surface area is 364 Å². The van der Waals surface area contributed by atoms with Gasteiger partial charge in [-0.2, -0.15) is 5.10 Å². The number of likely N-dealkylation sites (tertiary alicyclic amines) is 1. The highest BCUT2D eigenvalue weighted by molar-refractivity contribution is 6.36. The maximum Gasteiger partial charge on any atom is 0.287 e. The van der Waals surface area contributed by atoms with Crippen molar-refractivity contribution in [3.63, 3.8) is 0 Å². The van der Waals surface area contributed by atoms with E-state index in [9.17, 15) is 33.6 Å². The van der Waals surface area contributed by atoms with Crippen LogP contribution in [0.25, 0.3) is 11.1 Å². The van der Waals surface area contributed by atoms with E-state index < -0.39 is 65.5 Å². The quantitative estimate of drug-likeness (QED) is 0.0817. The Morgan fingerprint density at radius 2 is 1.51 bits per heavy atom. The molecular formula is C47H50N8O8. The van der Waals surface area contributed by atoms with E-state index in [0.717, 1.165) is 16.7 Å². The largest absolute Gasteiger partial charge is 0.488 e. The highest BCUT2D eigenvalue weighted by Gasteiger charge is 2.42. The smallest absolute Gasteiger partial charge is 0.287 e. The second-order valence-corrected chi connectivity index (χ2v) is 15.3. The summed E-state index contributed by atoms with van der Waals surface area (Å²) in [7, 11) is 3.00. The first-order valence-corrected chi connectivity index (χ1v) is 20.5. The molecule has 63 heavy (non-hydrogen) atoms. The van der Waals surface area contributed by atoms with Crippen LogP contribution in [0.2, 0.25) is 0 Å². The number of hydrogen-bond acceptors (Lipinski definition) is 9. The van der Waals surface area contributed by atoms with Gasteiger partial charge in [0.1, 0.15) is 30.0 Å². The topological polar surface area (TPSA) is 224 Å². The summed E-state index contributed by atoms with van der Waals surface area (Å²) in [5.74, 6) is -4.13. The molecule has 0 spiro atoms. The molecule has 1 aromatic heterocycles. The van der Waals surface area contributed by atoms with Crippen LogP contribution in [0.15, 0.2) is 115 Å². The van der Waals surface area contributed by atoms with Crippen molar-refractivity contribution in [1.29, 1.82) is 0 Å². The van der Waals surface area contributed by atoms with E-state index in [1.165, 1.54) is 36.2 Å². The van der Waals surface area contributed by atoms with Gasteiger partial charge in [-0.3, -0.25) is 38.2 Å². The third-order valence-electron chi connectivity index (χ3n) is 10.6. The molecule has 16 nitrogen and oxygen atoms in total. The lowest BCUT2D eigenvalue weighted by Gasteiger charge is -2.28. The first kappa shape index (κ1) is 44.9. The molecule has 6 rings (SSSR count). The van der Waals surface area contributed by atoms with E-state index in [0.29, 0.717) is 17.1 Å². The van der Waals surface area contributed by atoms with Gasteiger partial charge >= 0.3 is 0 Å². The molecule has 16 heteroatoms. The number of nitrogens with zero attached hydrogens (tertiary/aromatic N) is 3. The Morgan fingerprint density at radius 1 is 0.825 bits per heavy atom. The number of para-hydroxylation sites is 1. The fraction of sp³-hybridized carbons (Fsp3) is 0.277. The third-order valence-corrected chi connectivity index (χ3v) is 10.6. The number of nitrogens with two attached hydrogens (primary N) is 1. The molecular weight excluding hydrogens is 805 g/mol. The van der Waals surface area contributed by atoms with Crippen LogP contribution in [0.3, 0.4) is 0 Å². The van der Waals surface area contributed by atoms with E-state index in [2.05, 4.69) is 26.4 Å². The summed E-state index contributed by atoms with van der Waals surface area (Å²) < 4.78 is 7.66. The van der Waals surface area contributed by atoms with Crippen LogP contribution in [-0.4, -0.2) is 93.7 Å². The predicted octanol–water partition coefficient (Wildman–Crippen LogP) is 3.03. The molecule has 1 saturated heterocycles. The predicted molar refractivity (Wildman–Crippen MR) is 234 cm³/mol. The molecule has 1 unspecified atom stereocenters. The summed E-state index contributed by atoms with van der Waals surface area (Å²) in [6.45, 7) is 1.83. The van der Waals surface area contributed by atoms with Gasteiger partial charge in [-0.05, 0) is 66.4 Å². The van der Waals surface area contributed by atoms with Crippen LogP contribution in [0.1, 0.15) is 46.6 Å². The first-order chi connectivity index (χ1) is 30.3. The van der Waals surface area contributed by atoms with Crippen molar-refractivity contribution in [3.05, 3.63) is 138 Å². The highest BCUT2D eigenvalue weighted by Crippen LogP contribution is 2.26. The Kier molecular flexibility index (Phi) is 14.8. The minimum atomic E-state index is -1.23. The second-order valence-electron chi connectivity index (χ2n) is 15.3. The molecule has 5 aromatic rings. The van der Waals surface area contributed by atoms with Gasteiger partial charge in [0, 0.05) is 50.3 Å². The molecule has 1 fully saturated rings. The molecule has 0 aliphatic carbocycles. The number of carbonyl (C=O) groups is 7. The molecule has 1 aliphatic rings. The van der Waals surface area contributed by atoms with Gasteiger partial charge in [-0.25, -0.2) is 0 Å². The summed E-state index contributed by atoms with van der Waals surface area (Å²) in [5.41, 5.74) is 10.1. The van der Waals surface area contributed by atoms with Gasteiger partial charge in [-0.15, -0.1) is 0 Å². The minimum absolute atomic E-state index is 0.0519. The Morgan fingerprint density at radius 3 is 2.16 bits per heavy atom. The number of rotatable bonds is 18. The number of likely N-dealkylation sites (N-methyl/N-ethyl adjacent to an activating group) is 1. The number of anilines is 1. The third kappa shape index (κ3) is 12.0. The Balaban J connectivity index is 1.21. The van der Waals surface area contributed by atoms with Crippen LogP contribution < -0.4 is 31.7 Å². The number of primary amides is 1. The van der Waals surface area contributed by atoms with Crippen molar-refractivity contribution < 1.29 is 38.3 Å². The van der Waals surface area contributed by atoms with Gasteiger partial charge in [0.2, 0.25) is 29.4 Å². The molecule has 1 aliphatic heterocycles. The zero-order chi connectivity index (χ0) is 45.0. The average Bonchev–Trinajstić information content (AvgIpc) is 3.85. The van der Waals surface area contributed by atoms with Crippen molar-refractivity contribution in [2.75, 3.05) is 18.9 Å². The van der Waals surface area contributed by atoms with Crippen molar-refractivity contribution in [3.8, 4) is 16.9 Å². The second kappa shape index (κ2) is 20.8. The molecule has 326 valence electrons. The van der Waals surface area contributed by atoms with Crippen LogP contribution >= 0.6 is 0 Å². The molecule has 4 atom stereocenters. The van der Waals surface area contributed by atoms with Crippen LogP contribution in [0, 0.1) is 6.92 Å². The van der Waals surface area contributed by atoms with E-state index in [4.69, 9.17) is 10.5 Å². The lowest BCUT2D eigenvalue weighted by molar-refractivity contribution is -0.138. The Hall–Kier alpha value is -7.62. The number of aryl methyl sites for hydroxylation is 2. The molecule has 0 bridgehead atoms. The molecule has 4 aromatic carbocycles. The summed E-state index contributed by atoms with van der Waals surface area (Å²) >= 11 is 0. The number of benzene rings is 4. The van der Waals surface area contributed by atoms with Crippen molar-refractivity contribution >= 4 is 46.9 Å². The van der Waals surface area contributed by atoms with E-state index in [-0.39, 0.29) is 49.9 Å². The summed E-state index contributed by atoms with van der Waals surface area (Å²) in [6, 6.07) is 30.7. The number of hydrogen-bond donors (Lipinski definition) is 5.